The van der Waals surface area contributed by atoms with Gasteiger partial charge in [0.15, 0.2) is 0 Å². The summed E-state index contributed by atoms with van der Waals surface area (Å²) in [6, 6.07) is 12.3. The van der Waals surface area contributed by atoms with Crippen molar-refractivity contribution in [2.45, 2.75) is 50.8 Å². The molecular weight excluding hydrogens is 452 g/mol. The summed E-state index contributed by atoms with van der Waals surface area (Å²) in [6.45, 7) is 10.0. The van der Waals surface area contributed by atoms with Crippen LogP contribution in [0.25, 0.3) is 0 Å². The maximum absolute atomic E-state index is 13.1. The molecule has 1 amide bonds. The summed E-state index contributed by atoms with van der Waals surface area (Å²) in [5.41, 5.74) is 1.21. The van der Waals surface area contributed by atoms with Gasteiger partial charge in [-0.1, -0.05) is 45.9 Å². The molecule has 0 spiro atoms. The van der Waals surface area contributed by atoms with E-state index in [0.29, 0.717) is 24.8 Å². The Morgan fingerprint density at radius 1 is 1.09 bits per heavy atom. The molecule has 1 N–H and O–H groups in total. The van der Waals surface area contributed by atoms with Crippen LogP contribution in [-0.2, 0) is 15.4 Å². The fourth-order valence-electron chi connectivity index (χ4n) is 4.03. The minimum absolute atomic E-state index is 0.0640. The lowest BCUT2D eigenvalue weighted by Gasteiger charge is -2.29. The Morgan fingerprint density at radius 3 is 2.41 bits per heavy atom. The number of hydrogen-bond donors (Lipinski definition) is 1. The largest absolute Gasteiger partial charge is 0.496 e. The molecule has 0 aliphatic carbocycles. The molecule has 1 aliphatic heterocycles. The van der Waals surface area contributed by atoms with E-state index >= 15 is 0 Å². The van der Waals surface area contributed by atoms with Crippen LogP contribution in [0.4, 0.5) is 0 Å². The van der Waals surface area contributed by atoms with Gasteiger partial charge in [-0.15, -0.1) is 0 Å². The second-order valence-corrected chi connectivity index (χ2v) is 11.7. The average Bonchev–Trinajstić information content (AvgIpc) is 2.81. The van der Waals surface area contributed by atoms with Gasteiger partial charge in [0, 0.05) is 13.1 Å². The fraction of sp³-hybridized carbons (Fsp3) is 0.500. The molecule has 1 aliphatic rings. The predicted molar refractivity (Wildman–Crippen MR) is 133 cm³/mol. The van der Waals surface area contributed by atoms with Gasteiger partial charge in [-0.3, -0.25) is 4.79 Å². The first-order valence-electron chi connectivity index (χ1n) is 11.7. The Kier molecular flexibility index (Phi) is 8.25. The van der Waals surface area contributed by atoms with Crippen molar-refractivity contribution < 1.29 is 22.7 Å². The molecule has 186 valence electrons. The summed E-state index contributed by atoms with van der Waals surface area (Å²) in [6.07, 6.45) is 1.67. The minimum atomic E-state index is -3.67. The number of amides is 1. The van der Waals surface area contributed by atoms with Crippen molar-refractivity contribution in [2.24, 2.45) is 5.92 Å². The van der Waals surface area contributed by atoms with Gasteiger partial charge in [-0.05, 0) is 54.0 Å². The van der Waals surface area contributed by atoms with Gasteiger partial charge in [-0.2, -0.15) is 4.31 Å². The van der Waals surface area contributed by atoms with Crippen molar-refractivity contribution in [3.05, 3.63) is 53.6 Å². The van der Waals surface area contributed by atoms with Crippen molar-refractivity contribution in [3.8, 4) is 11.5 Å². The van der Waals surface area contributed by atoms with E-state index in [0.717, 1.165) is 24.2 Å². The highest BCUT2D eigenvalue weighted by Gasteiger charge is 2.29. The molecule has 0 radical (unpaired) electrons. The molecule has 1 heterocycles. The van der Waals surface area contributed by atoms with E-state index in [9.17, 15) is 13.2 Å². The summed E-state index contributed by atoms with van der Waals surface area (Å²) in [5, 5.41) is 2.81. The van der Waals surface area contributed by atoms with Crippen LogP contribution >= 0.6 is 0 Å². The lowest BCUT2D eigenvalue weighted by Crippen LogP contribution is -2.38. The first-order valence-corrected chi connectivity index (χ1v) is 13.2. The summed E-state index contributed by atoms with van der Waals surface area (Å²) >= 11 is 0. The number of hydrogen-bond acceptors (Lipinski definition) is 5. The number of sulfonamides is 1. The smallest absolute Gasteiger partial charge is 0.255 e. The number of piperidine rings is 1. The Morgan fingerprint density at radius 2 is 1.76 bits per heavy atom. The van der Waals surface area contributed by atoms with Crippen LogP contribution in [0.5, 0.6) is 11.5 Å². The third-order valence-corrected chi connectivity index (χ3v) is 8.03. The van der Waals surface area contributed by atoms with Crippen molar-refractivity contribution in [2.75, 3.05) is 33.4 Å². The van der Waals surface area contributed by atoms with Crippen LogP contribution in [-0.4, -0.2) is 52.0 Å². The van der Waals surface area contributed by atoms with Crippen LogP contribution in [0.3, 0.4) is 0 Å². The molecule has 7 nitrogen and oxygen atoms in total. The second-order valence-electron chi connectivity index (χ2n) is 9.80. The number of methoxy groups -OCH3 is 1. The first kappa shape index (κ1) is 26.0. The van der Waals surface area contributed by atoms with E-state index < -0.39 is 15.9 Å². The van der Waals surface area contributed by atoms with Crippen LogP contribution in [0.15, 0.2) is 47.4 Å². The molecule has 0 atom stereocenters. The van der Waals surface area contributed by atoms with Gasteiger partial charge in [0.25, 0.3) is 5.91 Å². The summed E-state index contributed by atoms with van der Waals surface area (Å²) in [5.74, 6) is 1.21. The summed E-state index contributed by atoms with van der Waals surface area (Å²) in [4.78, 5) is 13.0. The Balaban J connectivity index is 1.68. The van der Waals surface area contributed by atoms with Crippen molar-refractivity contribution >= 4 is 15.9 Å². The zero-order chi connectivity index (χ0) is 24.9. The van der Waals surface area contributed by atoms with Crippen molar-refractivity contribution in [3.63, 3.8) is 0 Å². The van der Waals surface area contributed by atoms with Gasteiger partial charge >= 0.3 is 0 Å². The molecule has 8 heteroatoms. The standard InChI is InChI=1S/C26H36N2O5S/c1-19-12-15-28(16-13-19)34(30,31)20-10-11-23(32-5)21(18-20)25(29)27-14-17-33-24-9-7-6-8-22(24)26(2,3)4/h6-11,18-19H,12-17H2,1-5H3,(H,27,29). The highest BCUT2D eigenvalue weighted by molar-refractivity contribution is 7.89. The van der Waals surface area contributed by atoms with Gasteiger partial charge in [0.2, 0.25) is 10.0 Å². The Labute approximate surface area is 203 Å². The maximum atomic E-state index is 13.1. The summed E-state index contributed by atoms with van der Waals surface area (Å²) < 4.78 is 39.0. The zero-order valence-electron chi connectivity index (χ0n) is 20.8. The van der Waals surface area contributed by atoms with Gasteiger partial charge in [0.05, 0.1) is 24.1 Å². The third kappa shape index (κ3) is 6.10. The quantitative estimate of drug-likeness (QED) is 0.563. The number of rotatable bonds is 8. The SMILES string of the molecule is COc1ccc(S(=O)(=O)N2CCC(C)CC2)cc1C(=O)NCCOc1ccccc1C(C)(C)C. The second kappa shape index (κ2) is 10.8. The number of carbonyl (C=O) groups excluding carboxylic acids is 1. The average molecular weight is 489 g/mol. The lowest BCUT2D eigenvalue weighted by molar-refractivity contribution is 0.0943. The number of para-hydroxylation sites is 1. The van der Waals surface area contributed by atoms with E-state index in [4.69, 9.17) is 9.47 Å². The fourth-order valence-corrected chi connectivity index (χ4v) is 5.53. The monoisotopic (exact) mass is 488 g/mol. The molecule has 0 unspecified atom stereocenters. The molecule has 34 heavy (non-hydrogen) atoms. The molecule has 3 rings (SSSR count). The van der Waals surface area contributed by atoms with E-state index in [1.165, 1.54) is 29.6 Å². The van der Waals surface area contributed by atoms with Gasteiger partial charge < -0.3 is 14.8 Å². The van der Waals surface area contributed by atoms with Crippen LogP contribution in [0.1, 0.15) is 56.5 Å². The van der Waals surface area contributed by atoms with E-state index in [1.807, 2.05) is 24.3 Å². The van der Waals surface area contributed by atoms with Crippen LogP contribution in [0.2, 0.25) is 0 Å². The number of ether oxygens (including phenoxy) is 2. The summed E-state index contributed by atoms with van der Waals surface area (Å²) in [7, 11) is -2.22. The molecule has 0 bridgehead atoms. The molecule has 1 fully saturated rings. The third-order valence-electron chi connectivity index (χ3n) is 6.14. The zero-order valence-corrected chi connectivity index (χ0v) is 21.6. The van der Waals surface area contributed by atoms with Crippen molar-refractivity contribution in [1.29, 1.82) is 0 Å². The number of nitrogens with zero attached hydrogens (tertiary/aromatic N) is 1. The van der Waals surface area contributed by atoms with E-state index in [-0.39, 0.29) is 29.0 Å². The van der Waals surface area contributed by atoms with Gasteiger partial charge in [0.1, 0.15) is 18.1 Å². The molecule has 2 aromatic carbocycles. The van der Waals surface area contributed by atoms with Gasteiger partial charge in [-0.25, -0.2) is 8.42 Å². The molecule has 2 aromatic rings. The Bertz CT molecular complexity index is 1100. The molecule has 0 aromatic heterocycles. The van der Waals surface area contributed by atoms with E-state index in [1.54, 1.807) is 0 Å². The van der Waals surface area contributed by atoms with Crippen LogP contribution < -0.4 is 14.8 Å². The predicted octanol–water partition coefficient (Wildman–Crippen LogP) is 4.22. The topological polar surface area (TPSA) is 84.9 Å². The molecular formula is C26H36N2O5S. The number of carbonyl (C=O) groups is 1. The Hall–Kier alpha value is -2.58. The normalized spacial score (nSPS) is 15.7. The van der Waals surface area contributed by atoms with E-state index in [2.05, 4.69) is 33.0 Å². The molecule has 0 saturated carbocycles. The first-order chi connectivity index (χ1) is 16.0. The minimum Gasteiger partial charge on any atom is -0.496 e. The highest BCUT2D eigenvalue weighted by Crippen LogP contribution is 2.31. The van der Waals surface area contributed by atoms with Crippen LogP contribution in [0, 0.1) is 5.92 Å². The molecule has 1 saturated heterocycles. The number of nitrogens with one attached hydrogen (secondary N) is 1. The van der Waals surface area contributed by atoms with Crippen molar-refractivity contribution in [1.82, 2.24) is 9.62 Å². The lowest BCUT2D eigenvalue weighted by atomic mass is 9.86. The maximum Gasteiger partial charge on any atom is 0.255 e. The number of benzene rings is 2. The highest BCUT2D eigenvalue weighted by atomic mass is 32.2.